The minimum absolute atomic E-state index is 0.123. The molecule has 1 rings (SSSR count). The lowest BCUT2D eigenvalue weighted by molar-refractivity contribution is 0.109. The average Bonchev–Trinajstić information content (AvgIpc) is 2.53. The van der Waals surface area contributed by atoms with E-state index in [4.69, 9.17) is 14.2 Å². The van der Waals surface area contributed by atoms with Crippen molar-refractivity contribution in [2.24, 2.45) is 0 Å². The van der Waals surface area contributed by atoms with Gasteiger partial charge in [0.1, 0.15) is 6.61 Å². The van der Waals surface area contributed by atoms with Crippen molar-refractivity contribution in [2.45, 2.75) is 32.9 Å². The van der Waals surface area contributed by atoms with Crippen LogP contribution >= 0.6 is 0 Å². The number of nitrogens with one attached hydrogen (secondary N) is 1. The molecule has 5 nitrogen and oxygen atoms in total. The topological polar surface area (TPSA) is 60.0 Å². The van der Waals surface area contributed by atoms with Gasteiger partial charge in [-0.05, 0) is 31.0 Å². The van der Waals surface area contributed by atoms with Gasteiger partial charge in [0.05, 0.1) is 20.3 Å². The minimum atomic E-state index is 0.123. The van der Waals surface area contributed by atoms with Crippen LogP contribution in [0.15, 0.2) is 18.2 Å². The Bertz CT molecular complexity index is 394. The maximum atomic E-state index is 9.17. The fraction of sp³-hybridized carbons (Fsp3) is 0.625. The van der Waals surface area contributed by atoms with Gasteiger partial charge in [0.2, 0.25) is 0 Å². The third kappa shape index (κ3) is 6.33. The van der Waals surface area contributed by atoms with Gasteiger partial charge in [0.15, 0.2) is 11.5 Å². The van der Waals surface area contributed by atoms with Gasteiger partial charge in [0.25, 0.3) is 0 Å². The number of aliphatic hydroxyl groups is 1. The summed E-state index contributed by atoms with van der Waals surface area (Å²) in [6.45, 7) is 6.60. The maximum absolute atomic E-state index is 9.17. The second kappa shape index (κ2) is 10.4. The van der Waals surface area contributed by atoms with Gasteiger partial charge in [0, 0.05) is 19.2 Å². The van der Waals surface area contributed by atoms with Crippen LogP contribution in [0.1, 0.15) is 25.8 Å². The molecule has 0 aliphatic carbocycles. The first-order chi connectivity index (χ1) is 10.2. The minimum Gasteiger partial charge on any atom is -0.493 e. The monoisotopic (exact) mass is 297 g/mol. The predicted octanol–water partition coefficient (Wildman–Crippen LogP) is 1.97. The van der Waals surface area contributed by atoms with Crippen molar-refractivity contribution in [1.29, 1.82) is 0 Å². The van der Waals surface area contributed by atoms with E-state index < -0.39 is 0 Å². The standard InChI is InChI=1S/C16H27NO4/c1-4-14(12-18)17-11-13-6-7-15(16(10-13)19-3)21-9-8-20-5-2/h6-7,10,14,17-18H,4-5,8-9,11-12H2,1-3H3. The third-order valence-corrected chi connectivity index (χ3v) is 3.23. The van der Waals surface area contributed by atoms with Crippen LogP contribution in [-0.2, 0) is 11.3 Å². The van der Waals surface area contributed by atoms with E-state index in [0.29, 0.717) is 32.1 Å². The van der Waals surface area contributed by atoms with Crippen LogP contribution in [0.25, 0.3) is 0 Å². The lowest BCUT2D eigenvalue weighted by Gasteiger charge is -2.15. The highest BCUT2D eigenvalue weighted by atomic mass is 16.5. The Labute approximate surface area is 127 Å². The molecule has 0 saturated carbocycles. The Morgan fingerprint density at radius 3 is 2.62 bits per heavy atom. The van der Waals surface area contributed by atoms with Crippen LogP contribution in [0.3, 0.4) is 0 Å². The Kier molecular flexibility index (Phi) is 8.82. The zero-order valence-corrected chi connectivity index (χ0v) is 13.2. The maximum Gasteiger partial charge on any atom is 0.161 e. The molecule has 0 heterocycles. The lowest BCUT2D eigenvalue weighted by atomic mass is 10.1. The van der Waals surface area contributed by atoms with E-state index in [2.05, 4.69) is 5.32 Å². The molecule has 120 valence electrons. The SMILES string of the molecule is CCOCCOc1ccc(CNC(CC)CO)cc1OC. The molecule has 0 aliphatic rings. The summed E-state index contributed by atoms with van der Waals surface area (Å²) in [7, 11) is 1.63. The van der Waals surface area contributed by atoms with Gasteiger partial charge in [-0.2, -0.15) is 0 Å². The summed E-state index contributed by atoms with van der Waals surface area (Å²) in [5.74, 6) is 1.43. The van der Waals surface area contributed by atoms with Crippen molar-refractivity contribution in [1.82, 2.24) is 5.32 Å². The van der Waals surface area contributed by atoms with Crippen molar-refractivity contribution in [2.75, 3.05) is 33.5 Å². The van der Waals surface area contributed by atoms with E-state index in [1.165, 1.54) is 0 Å². The Morgan fingerprint density at radius 2 is 2.00 bits per heavy atom. The summed E-state index contributed by atoms with van der Waals surface area (Å²) < 4.78 is 16.2. The van der Waals surface area contributed by atoms with E-state index in [1.807, 2.05) is 32.0 Å². The molecule has 5 heteroatoms. The van der Waals surface area contributed by atoms with Crippen molar-refractivity contribution in [3.8, 4) is 11.5 Å². The molecule has 0 amide bonds. The number of aliphatic hydroxyl groups excluding tert-OH is 1. The number of benzene rings is 1. The average molecular weight is 297 g/mol. The number of hydrogen-bond donors (Lipinski definition) is 2. The van der Waals surface area contributed by atoms with Crippen LogP contribution in [-0.4, -0.2) is 44.7 Å². The molecule has 0 aromatic heterocycles. The summed E-state index contributed by atoms with van der Waals surface area (Å²) in [6.07, 6.45) is 0.895. The molecule has 0 aliphatic heterocycles. The van der Waals surface area contributed by atoms with Gasteiger partial charge in [-0.15, -0.1) is 0 Å². The largest absolute Gasteiger partial charge is 0.493 e. The molecule has 2 N–H and O–H groups in total. The van der Waals surface area contributed by atoms with Crippen molar-refractivity contribution in [3.05, 3.63) is 23.8 Å². The van der Waals surface area contributed by atoms with Gasteiger partial charge >= 0.3 is 0 Å². The summed E-state index contributed by atoms with van der Waals surface area (Å²) in [6, 6.07) is 5.97. The molecule has 21 heavy (non-hydrogen) atoms. The van der Waals surface area contributed by atoms with Gasteiger partial charge < -0.3 is 24.6 Å². The number of ether oxygens (including phenoxy) is 3. The second-order valence-corrected chi connectivity index (χ2v) is 4.70. The summed E-state index contributed by atoms with van der Waals surface area (Å²) >= 11 is 0. The summed E-state index contributed by atoms with van der Waals surface area (Å²) in [5, 5.41) is 12.5. The van der Waals surface area contributed by atoms with Crippen molar-refractivity contribution in [3.63, 3.8) is 0 Å². The first-order valence-corrected chi connectivity index (χ1v) is 7.46. The normalized spacial score (nSPS) is 12.2. The van der Waals surface area contributed by atoms with Crippen LogP contribution in [0.4, 0.5) is 0 Å². The van der Waals surface area contributed by atoms with Crippen LogP contribution in [0.5, 0.6) is 11.5 Å². The van der Waals surface area contributed by atoms with Crippen LogP contribution in [0.2, 0.25) is 0 Å². The highest BCUT2D eigenvalue weighted by molar-refractivity contribution is 5.42. The zero-order chi connectivity index (χ0) is 15.5. The first-order valence-electron chi connectivity index (χ1n) is 7.46. The molecule has 1 aromatic carbocycles. The molecule has 1 atom stereocenters. The van der Waals surface area contributed by atoms with Crippen molar-refractivity contribution >= 4 is 0 Å². The fourth-order valence-electron chi connectivity index (χ4n) is 1.90. The predicted molar refractivity (Wildman–Crippen MR) is 83.0 cm³/mol. The summed E-state index contributed by atoms with van der Waals surface area (Å²) in [5.41, 5.74) is 1.09. The Balaban J connectivity index is 2.56. The highest BCUT2D eigenvalue weighted by Gasteiger charge is 2.08. The lowest BCUT2D eigenvalue weighted by Crippen LogP contribution is -2.31. The molecule has 0 fully saturated rings. The molecule has 0 bridgehead atoms. The van der Waals surface area contributed by atoms with E-state index in [-0.39, 0.29) is 12.6 Å². The van der Waals surface area contributed by atoms with E-state index in [9.17, 15) is 5.11 Å². The zero-order valence-electron chi connectivity index (χ0n) is 13.2. The number of rotatable bonds is 11. The Hall–Kier alpha value is -1.30. The summed E-state index contributed by atoms with van der Waals surface area (Å²) in [4.78, 5) is 0. The molecular formula is C16H27NO4. The fourth-order valence-corrected chi connectivity index (χ4v) is 1.90. The Morgan fingerprint density at radius 1 is 1.19 bits per heavy atom. The molecule has 0 radical (unpaired) electrons. The van der Waals surface area contributed by atoms with Gasteiger partial charge in [-0.25, -0.2) is 0 Å². The van der Waals surface area contributed by atoms with Crippen LogP contribution < -0.4 is 14.8 Å². The number of methoxy groups -OCH3 is 1. The molecular weight excluding hydrogens is 270 g/mol. The van der Waals surface area contributed by atoms with E-state index in [0.717, 1.165) is 17.7 Å². The van der Waals surface area contributed by atoms with Crippen molar-refractivity contribution < 1.29 is 19.3 Å². The van der Waals surface area contributed by atoms with E-state index in [1.54, 1.807) is 7.11 Å². The molecule has 1 unspecified atom stereocenters. The van der Waals surface area contributed by atoms with Gasteiger partial charge in [-0.1, -0.05) is 13.0 Å². The smallest absolute Gasteiger partial charge is 0.161 e. The first kappa shape index (κ1) is 17.8. The third-order valence-electron chi connectivity index (χ3n) is 3.23. The second-order valence-electron chi connectivity index (χ2n) is 4.70. The quantitative estimate of drug-likeness (QED) is 0.612. The number of hydrogen-bond acceptors (Lipinski definition) is 5. The highest BCUT2D eigenvalue weighted by Crippen LogP contribution is 2.28. The van der Waals surface area contributed by atoms with Gasteiger partial charge in [-0.3, -0.25) is 0 Å². The molecule has 1 aromatic rings. The van der Waals surface area contributed by atoms with Crippen LogP contribution in [0, 0.1) is 0 Å². The molecule has 0 spiro atoms. The van der Waals surface area contributed by atoms with E-state index >= 15 is 0 Å². The molecule has 0 saturated heterocycles.